The van der Waals surface area contributed by atoms with Gasteiger partial charge >= 0.3 is 0 Å². The summed E-state index contributed by atoms with van der Waals surface area (Å²) in [4.78, 5) is 0. The number of rotatable bonds is 9. The maximum atomic E-state index is 10.2. The first-order valence-electron chi connectivity index (χ1n) is 8.63. The Labute approximate surface area is 151 Å². The summed E-state index contributed by atoms with van der Waals surface area (Å²) in [7, 11) is 0. The first-order chi connectivity index (χ1) is 10.1. The maximum Gasteiger partial charge on any atom is 0.119 e. The zero-order chi connectivity index (χ0) is 16.8. The van der Waals surface area contributed by atoms with Gasteiger partial charge in [-0.25, -0.2) is 0 Å². The quantitative estimate of drug-likeness (QED) is 0.351. The van der Waals surface area contributed by atoms with Crippen molar-refractivity contribution in [1.29, 1.82) is 0 Å². The predicted molar refractivity (Wildman–Crippen MR) is 106 cm³/mol. The molecule has 0 aliphatic carbocycles. The van der Waals surface area contributed by atoms with Crippen molar-refractivity contribution in [2.45, 2.75) is 83.0 Å². The Morgan fingerprint density at radius 1 is 1.00 bits per heavy atom. The Morgan fingerprint density at radius 2 is 1.64 bits per heavy atom. The maximum absolute atomic E-state index is 10.2. The minimum Gasteiger partial charge on any atom is -0.508 e. The molecule has 1 aromatic carbocycles. The Hall–Kier alpha value is -0.250. The summed E-state index contributed by atoms with van der Waals surface area (Å²) in [5.74, 6) is 0.485. The van der Waals surface area contributed by atoms with E-state index in [1.165, 1.54) is 31.2 Å². The van der Waals surface area contributed by atoms with Crippen molar-refractivity contribution < 1.29 is 5.11 Å². The van der Waals surface area contributed by atoms with E-state index in [1.54, 1.807) is 0 Å². The van der Waals surface area contributed by atoms with E-state index in [0.717, 1.165) is 24.8 Å². The molecular weight excluding hydrogens is 383 g/mol. The second-order valence-electron chi connectivity index (χ2n) is 7.91. The van der Waals surface area contributed by atoms with E-state index in [-0.39, 0.29) is 0 Å². The highest BCUT2D eigenvalue weighted by Crippen LogP contribution is 2.29. The molecule has 2 heteroatoms. The molecule has 0 heterocycles. The molecule has 0 saturated carbocycles. The monoisotopic (exact) mass is 416 g/mol. The summed E-state index contributed by atoms with van der Waals surface area (Å²) < 4.78 is 0.347. The molecule has 22 heavy (non-hydrogen) atoms. The minimum absolute atomic E-state index is 0.347. The third-order valence-electron chi connectivity index (χ3n) is 4.64. The van der Waals surface area contributed by atoms with Crippen molar-refractivity contribution >= 4 is 22.6 Å². The van der Waals surface area contributed by atoms with Gasteiger partial charge in [0.25, 0.3) is 0 Å². The molecule has 0 atom stereocenters. The molecule has 0 amide bonds. The third kappa shape index (κ3) is 7.85. The number of phenolic OH excluding ortho intramolecular Hbond substituents is 1. The first-order valence-corrected chi connectivity index (χ1v) is 9.70. The van der Waals surface area contributed by atoms with E-state index in [4.69, 9.17) is 0 Å². The van der Waals surface area contributed by atoms with Crippen LogP contribution < -0.4 is 0 Å². The van der Waals surface area contributed by atoms with Gasteiger partial charge in [-0.1, -0.05) is 75.8 Å². The molecule has 0 spiro atoms. The fourth-order valence-electron chi connectivity index (χ4n) is 2.62. The van der Waals surface area contributed by atoms with E-state index < -0.39 is 0 Å². The number of alkyl halides is 1. The molecule has 0 aliphatic rings. The number of hydrogen-bond acceptors (Lipinski definition) is 1. The molecule has 1 nitrogen and oxygen atoms in total. The lowest BCUT2D eigenvalue weighted by Crippen LogP contribution is -2.09. The fraction of sp³-hybridized carbons (Fsp3) is 0.700. The fourth-order valence-corrected chi connectivity index (χ4v) is 3.00. The summed E-state index contributed by atoms with van der Waals surface area (Å²) in [6.07, 6.45) is 8.03. The smallest absolute Gasteiger partial charge is 0.119 e. The number of phenols is 1. The molecule has 0 fully saturated rings. The van der Waals surface area contributed by atoms with Gasteiger partial charge in [-0.2, -0.15) is 0 Å². The molecule has 0 aromatic heterocycles. The van der Waals surface area contributed by atoms with Crippen molar-refractivity contribution in [2.24, 2.45) is 5.41 Å². The topological polar surface area (TPSA) is 20.2 Å². The summed E-state index contributed by atoms with van der Waals surface area (Å²) in [5, 5.41) is 10.2. The molecule has 1 aromatic rings. The van der Waals surface area contributed by atoms with Crippen molar-refractivity contribution in [2.75, 3.05) is 0 Å². The second kappa shape index (κ2) is 8.56. The Morgan fingerprint density at radius 3 is 2.18 bits per heavy atom. The standard InChI is InChI=1S/C20H33IO/c1-6-19(2,3)13-7-9-16-11-12-17(18(22)15-16)10-8-14-20(4,5)21/h11-12,15,22H,6-10,13-14H2,1-5H3. The van der Waals surface area contributed by atoms with Crippen molar-refractivity contribution in [3.63, 3.8) is 0 Å². The summed E-state index contributed by atoms with van der Waals surface area (Å²) in [5.41, 5.74) is 2.80. The summed E-state index contributed by atoms with van der Waals surface area (Å²) in [6, 6.07) is 6.29. The molecule has 0 aliphatic heterocycles. The Balaban J connectivity index is 2.48. The van der Waals surface area contributed by atoms with E-state index in [0.29, 0.717) is 14.6 Å². The lowest BCUT2D eigenvalue weighted by Gasteiger charge is -2.22. The van der Waals surface area contributed by atoms with Crippen LogP contribution in [0.15, 0.2) is 18.2 Å². The van der Waals surface area contributed by atoms with Crippen LogP contribution in [0.2, 0.25) is 0 Å². The number of hydrogen-bond donors (Lipinski definition) is 1. The molecule has 126 valence electrons. The first kappa shape index (κ1) is 19.8. The van der Waals surface area contributed by atoms with Gasteiger partial charge in [0.1, 0.15) is 5.75 Å². The van der Waals surface area contributed by atoms with Gasteiger partial charge in [0.2, 0.25) is 0 Å². The van der Waals surface area contributed by atoms with Crippen molar-refractivity contribution in [3.05, 3.63) is 29.3 Å². The van der Waals surface area contributed by atoms with Crippen LogP contribution in [-0.4, -0.2) is 8.53 Å². The number of benzene rings is 1. The molecule has 0 unspecified atom stereocenters. The summed E-state index contributed by atoms with van der Waals surface area (Å²) >= 11 is 2.50. The van der Waals surface area contributed by atoms with Crippen LogP contribution in [0.1, 0.15) is 77.8 Å². The van der Waals surface area contributed by atoms with Crippen LogP contribution >= 0.6 is 22.6 Å². The van der Waals surface area contributed by atoms with Gasteiger partial charge in [0.15, 0.2) is 0 Å². The highest BCUT2D eigenvalue weighted by atomic mass is 127. The molecule has 0 radical (unpaired) electrons. The lowest BCUT2D eigenvalue weighted by molar-refractivity contribution is 0.313. The van der Waals surface area contributed by atoms with Gasteiger partial charge in [0.05, 0.1) is 0 Å². The number of aromatic hydroxyl groups is 1. The lowest BCUT2D eigenvalue weighted by atomic mass is 9.84. The highest BCUT2D eigenvalue weighted by molar-refractivity contribution is 14.1. The molecular formula is C20H33IO. The molecule has 1 rings (SSSR count). The number of aryl methyl sites for hydroxylation is 2. The molecule has 0 saturated heterocycles. The van der Waals surface area contributed by atoms with E-state index in [9.17, 15) is 5.11 Å². The van der Waals surface area contributed by atoms with Crippen LogP contribution in [0.3, 0.4) is 0 Å². The van der Waals surface area contributed by atoms with Gasteiger partial charge in [-0.15, -0.1) is 0 Å². The van der Waals surface area contributed by atoms with Crippen molar-refractivity contribution in [1.82, 2.24) is 0 Å². The summed E-state index contributed by atoms with van der Waals surface area (Å²) in [6.45, 7) is 11.4. The average Bonchev–Trinajstić information content (AvgIpc) is 2.40. The van der Waals surface area contributed by atoms with Gasteiger partial charge in [-0.3, -0.25) is 0 Å². The zero-order valence-electron chi connectivity index (χ0n) is 15.0. The van der Waals surface area contributed by atoms with E-state index in [2.05, 4.69) is 69.3 Å². The third-order valence-corrected chi connectivity index (χ3v) is 5.18. The van der Waals surface area contributed by atoms with Crippen LogP contribution in [0.5, 0.6) is 5.75 Å². The predicted octanol–water partition coefficient (Wildman–Crippen LogP) is 6.69. The van der Waals surface area contributed by atoms with Gasteiger partial charge in [-0.05, 0) is 61.1 Å². The molecule has 0 bridgehead atoms. The van der Waals surface area contributed by atoms with Gasteiger partial charge in [0, 0.05) is 3.42 Å². The van der Waals surface area contributed by atoms with Crippen LogP contribution in [-0.2, 0) is 12.8 Å². The molecule has 1 N–H and O–H groups in total. The Bertz CT molecular complexity index is 457. The van der Waals surface area contributed by atoms with Crippen LogP contribution in [0.25, 0.3) is 0 Å². The van der Waals surface area contributed by atoms with Crippen molar-refractivity contribution in [3.8, 4) is 5.75 Å². The van der Waals surface area contributed by atoms with Crippen LogP contribution in [0, 0.1) is 5.41 Å². The normalized spacial score (nSPS) is 12.6. The second-order valence-corrected chi connectivity index (χ2v) is 10.8. The minimum atomic E-state index is 0.347. The van der Waals surface area contributed by atoms with Gasteiger partial charge < -0.3 is 5.11 Å². The van der Waals surface area contributed by atoms with E-state index in [1.807, 2.05) is 6.07 Å². The Kier molecular flexibility index (Phi) is 7.70. The van der Waals surface area contributed by atoms with Crippen LogP contribution in [0.4, 0.5) is 0 Å². The van der Waals surface area contributed by atoms with E-state index >= 15 is 0 Å². The average molecular weight is 416 g/mol. The largest absolute Gasteiger partial charge is 0.508 e. The zero-order valence-corrected chi connectivity index (χ0v) is 17.2. The number of halogens is 1. The highest BCUT2D eigenvalue weighted by Gasteiger charge is 2.15. The SMILES string of the molecule is CCC(C)(C)CCCc1ccc(CCCC(C)(C)I)c(O)c1.